The van der Waals surface area contributed by atoms with E-state index >= 15 is 0 Å². The number of carboxylic acid groups (broad SMARTS) is 1. The molecule has 198 valence electrons. The van der Waals surface area contributed by atoms with E-state index in [1.54, 1.807) is 30.3 Å². The molecule has 0 spiro atoms. The summed E-state index contributed by atoms with van der Waals surface area (Å²) in [6, 6.07) is 4.00. The molecule has 0 bridgehead atoms. The lowest BCUT2D eigenvalue weighted by atomic mass is 10.0. The largest absolute Gasteiger partial charge is 0.480 e. The number of nitrogens with two attached hydrogens (primary N) is 3. The molecule has 1 aromatic rings. The van der Waals surface area contributed by atoms with Crippen LogP contribution in [0.4, 0.5) is 0 Å². The van der Waals surface area contributed by atoms with E-state index in [-0.39, 0.29) is 25.3 Å². The van der Waals surface area contributed by atoms with E-state index in [4.69, 9.17) is 22.6 Å². The number of nitrogens with one attached hydrogen (secondary N) is 5. The Hall–Kier alpha value is -4.20. The van der Waals surface area contributed by atoms with Crippen LogP contribution < -0.4 is 38.5 Å². The molecule has 0 saturated carbocycles. The standard InChI is InChI=1S/C22H34N8O6/c1-12(18(32)29-15(21(35)36)8-5-9-27-22(25)26)28-20(34)16(10-13-6-3-2-4-7-13)30-19(33)14(23)11-17(24)31/h2-4,6-7,12,14-16H,5,8-11,23H2,1H3,(H2,24,31)(H,28,34)(H,29,32)(H,30,33)(H,35,36)(H4,25,26,27)/t12-,14-,15-,16-/m0/s1. The molecule has 36 heavy (non-hydrogen) atoms. The molecule has 0 fully saturated rings. The summed E-state index contributed by atoms with van der Waals surface area (Å²) in [5, 5.41) is 26.3. The first-order valence-electron chi connectivity index (χ1n) is 11.2. The van der Waals surface area contributed by atoms with E-state index in [2.05, 4.69) is 21.3 Å². The van der Waals surface area contributed by atoms with Gasteiger partial charge in [-0.05, 0) is 25.3 Å². The van der Waals surface area contributed by atoms with E-state index in [9.17, 15) is 29.1 Å². The minimum Gasteiger partial charge on any atom is -0.480 e. The van der Waals surface area contributed by atoms with Crippen molar-refractivity contribution >= 4 is 35.6 Å². The Morgan fingerprint density at radius 3 is 2.11 bits per heavy atom. The van der Waals surface area contributed by atoms with Crippen molar-refractivity contribution in [1.82, 2.24) is 21.3 Å². The minimum atomic E-state index is -1.26. The molecule has 1 aromatic carbocycles. The van der Waals surface area contributed by atoms with Crippen molar-refractivity contribution < 1.29 is 29.1 Å². The van der Waals surface area contributed by atoms with Gasteiger partial charge in [-0.15, -0.1) is 0 Å². The number of guanidine groups is 1. The number of rotatable bonds is 15. The molecule has 14 nitrogen and oxygen atoms in total. The van der Waals surface area contributed by atoms with Gasteiger partial charge in [0, 0.05) is 13.0 Å². The summed E-state index contributed by atoms with van der Waals surface area (Å²) in [7, 11) is 0. The Morgan fingerprint density at radius 2 is 1.56 bits per heavy atom. The summed E-state index contributed by atoms with van der Waals surface area (Å²) >= 11 is 0. The number of hydrogen-bond donors (Lipinski definition) is 9. The lowest BCUT2D eigenvalue weighted by Gasteiger charge is -2.23. The molecule has 0 aliphatic rings. The van der Waals surface area contributed by atoms with Crippen molar-refractivity contribution in [3.05, 3.63) is 35.9 Å². The fourth-order valence-electron chi connectivity index (χ4n) is 3.11. The second-order valence-electron chi connectivity index (χ2n) is 8.14. The summed E-state index contributed by atoms with van der Waals surface area (Å²) in [5.74, 6) is -4.52. The first-order valence-corrected chi connectivity index (χ1v) is 11.2. The molecule has 0 aliphatic carbocycles. The maximum Gasteiger partial charge on any atom is 0.326 e. The molecule has 0 heterocycles. The normalized spacial score (nSPS) is 13.8. The fraction of sp³-hybridized carbons (Fsp3) is 0.455. The van der Waals surface area contributed by atoms with Crippen molar-refractivity contribution in [3.63, 3.8) is 0 Å². The topological polar surface area (TPSA) is 256 Å². The van der Waals surface area contributed by atoms with Gasteiger partial charge in [-0.1, -0.05) is 30.3 Å². The van der Waals surface area contributed by atoms with Crippen LogP contribution in [0.3, 0.4) is 0 Å². The van der Waals surface area contributed by atoms with Crippen LogP contribution in [0.5, 0.6) is 0 Å². The molecular formula is C22H34N8O6. The minimum absolute atomic E-state index is 0.0620. The second-order valence-corrected chi connectivity index (χ2v) is 8.14. The number of carboxylic acids is 1. The lowest BCUT2D eigenvalue weighted by Crippen LogP contribution is -2.57. The zero-order valence-electron chi connectivity index (χ0n) is 20.0. The number of benzene rings is 1. The first-order chi connectivity index (χ1) is 16.9. The smallest absolute Gasteiger partial charge is 0.326 e. The predicted octanol–water partition coefficient (Wildman–Crippen LogP) is -2.75. The summed E-state index contributed by atoms with van der Waals surface area (Å²) in [5.41, 5.74) is 16.6. The summed E-state index contributed by atoms with van der Waals surface area (Å²) < 4.78 is 0. The van der Waals surface area contributed by atoms with Crippen molar-refractivity contribution in [3.8, 4) is 0 Å². The Morgan fingerprint density at radius 1 is 0.944 bits per heavy atom. The molecule has 12 N–H and O–H groups in total. The fourth-order valence-corrected chi connectivity index (χ4v) is 3.11. The number of primary amides is 1. The molecule has 0 aliphatic heterocycles. The molecule has 1 rings (SSSR count). The monoisotopic (exact) mass is 506 g/mol. The van der Waals surface area contributed by atoms with Gasteiger partial charge in [0.05, 0.1) is 12.5 Å². The van der Waals surface area contributed by atoms with E-state index in [0.717, 1.165) is 0 Å². The average Bonchev–Trinajstić information content (AvgIpc) is 2.80. The van der Waals surface area contributed by atoms with Crippen LogP contribution in [-0.2, 0) is 30.4 Å². The van der Waals surface area contributed by atoms with Gasteiger partial charge in [0.25, 0.3) is 0 Å². The van der Waals surface area contributed by atoms with E-state index in [1.807, 2.05) is 0 Å². The number of hydrogen-bond acceptors (Lipinski definition) is 7. The van der Waals surface area contributed by atoms with Gasteiger partial charge in [-0.2, -0.15) is 0 Å². The van der Waals surface area contributed by atoms with Crippen molar-refractivity contribution in [2.45, 2.75) is 56.8 Å². The third kappa shape index (κ3) is 11.3. The average molecular weight is 507 g/mol. The quantitative estimate of drug-likeness (QED) is 0.0677. The second kappa shape index (κ2) is 14.9. The van der Waals surface area contributed by atoms with Gasteiger partial charge in [-0.3, -0.25) is 24.6 Å². The third-order valence-electron chi connectivity index (χ3n) is 5.03. The van der Waals surface area contributed by atoms with Crippen LogP contribution >= 0.6 is 0 Å². The van der Waals surface area contributed by atoms with Crippen LogP contribution in [0, 0.1) is 5.41 Å². The highest BCUT2D eigenvalue weighted by molar-refractivity contribution is 5.95. The first kappa shape index (κ1) is 29.8. The predicted molar refractivity (Wildman–Crippen MR) is 130 cm³/mol. The van der Waals surface area contributed by atoms with Crippen LogP contribution in [0.2, 0.25) is 0 Å². The Bertz CT molecular complexity index is 942. The van der Waals surface area contributed by atoms with E-state index in [0.29, 0.717) is 12.0 Å². The number of aliphatic carboxylic acids is 1. The number of amides is 4. The van der Waals surface area contributed by atoms with Gasteiger partial charge < -0.3 is 43.6 Å². The van der Waals surface area contributed by atoms with Crippen molar-refractivity contribution in [1.29, 1.82) is 5.41 Å². The molecule has 4 atom stereocenters. The number of carbonyl (C=O) groups excluding carboxylic acids is 4. The van der Waals surface area contributed by atoms with Crippen LogP contribution in [-0.4, -0.2) is 71.4 Å². The van der Waals surface area contributed by atoms with Crippen LogP contribution in [0.25, 0.3) is 0 Å². The van der Waals surface area contributed by atoms with E-state index < -0.39 is 60.2 Å². The van der Waals surface area contributed by atoms with Gasteiger partial charge in [0.15, 0.2) is 5.96 Å². The summed E-state index contributed by atoms with van der Waals surface area (Å²) in [4.78, 5) is 60.5. The van der Waals surface area contributed by atoms with Gasteiger partial charge >= 0.3 is 5.97 Å². The maximum atomic E-state index is 12.9. The Balaban J connectivity index is 2.83. The third-order valence-corrected chi connectivity index (χ3v) is 5.03. The molecule has 0 radical (unpaired) electrons. The molecule has 0 unspecified atom stereocenters. The van der Waals surface area contributed by atoms with Crippen LogP contribution in [0.15, 0.2) is 30.3 Å². The molecular weight excluding hydrogens is 472 g/mol. The zero-order valence-corrected chi connectivity index (χ0v) is 20.0. The highest BCUT2D eigenvalue weighted by Crippen LogP contribution is 2.05. The lowest BCUT2D eigenvalue weighted by molar-refractivity contribution is -0.142. The molecule has 0 aromatic heterocycles. The molecule has 4 amide bonds. The zero-order chi connectivity index (χ0) is 27.3. The Labute approximate surface area is 208 Å². The highest BCUT2D eigenvalue weighted by Gasteiger charge is 2.28. The van der Waals surface area contributed by atoms with Crippen molar-refractivity contribution in [2.24, 2.45) is 17.2 Å². The van der Waals surface area contributed by atoms with E-state index in [1.165, 1.54) is 6.92 Å². The summed E-state index contributed by atoms with van der Waals surface area (Å²) in [6.45, 7) is 1.61. The number of carbonyl (C=O) groups is 5. The maximum absolute atomic E-state index is 12.9. The molecule has 14 heteroatoms. The van der Waals surface area contributed by atoms with Gasteiger partial charge in [-0.25, -0.2) is 4.79 Å². The Kier molecular flexibility index (Phi) is 12.4. The highest BCUT2D eigenvalue weighted by atomic mass is 16.4. The summed E-state index contributed by atoms with van der Waals surface area (Å²) in [6.07, 6.45) is 0.0283. The van der Waals surface area contributed by atoms with Crippen LogP contribution in [0.1, 0.15) is 31.7 Å². The van der Waals surface area contributed by atoms with Gasteiger partial charge in [0.1, 0.15) is 18.1 Å². The van der Waals surface area contributed by atoms with Crippen molar-refractivity contribution in [2.75, 3.05) is 6.54 Å². The SMILES string of the molecule is C[C@H](NC(=O)[C@H](Cc1ccccc1)NC(=O)[C@@H](N)CC(N)=O)C(=O)N[C@@H](CCCNC(=N)N)C(=O)O. The molecule has 0 saturated heterocycles. The van der Waals surface area contributed by atoms with Gasteiger partial charge in [0.2, 0.25) is 23.6 Å².